The molecule has 0 radical (unpaired) electrons. The van der Waals surface area contributed by atoms with Crippen LogP contribution in [0.25, 0.3) is 0 Å². The molecule has 1 fully saturated rings. The summed E-state index contributed by atoms with van der Waals surface area (Å²) in [5.74, 6) is 0.206. The van der Waals surface area contributed by atoms with Crippen LogP contribution in [-0.2, 0) is 4.79 Å². The van der Waals surface area contributed by atoms with Gasteiger partial charge in [-0.25, -0.2) is 0 Å². The molecular weight excluding hydrogens is 188 g/mol. The van der Waals surface area contributed by atoms with Crippen LogP contribution in [0, 0.1) is 5.41 Å². The Morgan fingerprint density at radius 3 is 2.53 bits per heavy atom. The monoisotopic (exact) mass is 212 g/mol. The van der Waals surface area contributed by atoms with E-state index in [1.54, 1.807) is 0 Å². The van der Waals surface area contributed by atoms with Crippen molar-refractivity contribution in [2.45, 2.75) is 39.5 Å². The van der Waals surface area contributed by atoms with Gasteiger partial charge in [0.1, 0.15) is 0 Å². The lowest BCUT2D eigenvalue weighted by atomic mass is 9.80. The third-order valence-corrected chi connectivity index (χ3v) is 3.38. The van der Waals surface area contributed by atoms with E-state index in [4.69, 9.17) is 0 Å². The Labute approximate surface area is 93.2 Å². The molecule has 1 heterocycles. The zero-order valence-corrected chi connectivity index (χ0v) is 10.3. The van der Waals surface area contributed by atoms with Gasteiger partial charge in [0.2, 0.25) is 5.91 Å². The standard InChI is InChI=1S/C12H24N2O/c1-4-5-11(15)13-10-12(2)6-8-14(3)9-7-12/h4-10H2,1-3H3,(H,13,15). The predicted octanol–water partition coefficient (Wildman–Crippen LogP) is 1.63. The van der Waals surface area contributed by atoms with Gasteiger partial charge >= 0.3 is 0 Å². The second kappa shape index (κ2) is 5.50. The van der Waals surface area contributed by atoms with Gasteiger partial charge in [-0.05, 0) is 44.8 Å². The minimum Gasteiger partial charge on any atom is -0.356 e. The minimum atomic E-state index is 0.206. The summed E-state index contributed by atoms with van der Waals surface area (Å²) >= 11 is 0. The van der Waals surface area contributed by atoms with Crippen LogP contribution in [-0.4, -0.2) is 37.5 Å². The maximum Gasteiger partial charge on any atom is 0.220 e. The van der Waals surface area contributed by atoms with Crippen molar-refractivity contribution < 1.29 is 4.79 Å². The molecule has 0 aromatic rings. The van der Waals surface area contributed by atoms with Crippen LogP contribution in [0.5, 0.6) is 0 Å². The van der Waals surface area contributed by atoms with E-state index in [2.05, 4.69) is 24.2 Å². The number of carbonyl (C=O) groups excluding carboxylic acids is 1. The smallest absolute Gasteiger partial charge is 0.220 e. The maximum absolute atomic E-state index is 11.4. The Balaban J connectivity index is 2.27. The lowest BCUT2D eigenvalue weighted by Crippen LogP contribution is -2.43. The summed E-state index contributed by atoms with van der Waals surface area (Å²) in [6.07, 6.45) is 3.98. The Hall–Kier alpha value is -0.570. The summed E-state index contributed by atoms with van der Waals surface area (Å²) in [5.41, 5.74) is 0.315. The van der Waals surface area contributed by atoms with Crippen molar-refractivity contribution in [2.75, 3.05) is 26.7 Å². The average molecular weight is 212 g/mol. The second-order valence-corrected chi connectivity index (χ2v) is 5.14. The number of piperidine rings is 1. The molecule has 1 aliphatic heterocycles. The molecule has 0 aromatic heterocycles. The van der Waals surface area contributed by atoms with Gasteiger partial charge < -0.3 is 10.2 Å². The van der Waals surface area contributed by atoms with Gasteiger partial charge in [0.25, 0.3) is 0 Å². The highest BCUT2D eigenvalue weighted by molar-refractivity contribution is 5.75. The highest BCUT2D eigenvalue weighted by Crippen LogP contribution is 2.29. The van der Waals surface area contributed by atoms with E-state index >= 15 is 0 Å². The number of rotatable bonds is 4. The molecule has 0 spiro atoms. The molecule has 0 aliphatic carbocycles. The fraction of sp³-hybridized carbons (Fsp3) is 0.917. The molecule has 15 heavy (non-hydrogen) atoms. The van der Waals surface area contributed by atoms with Crippen LogP contribution < -0.4 is 5.32 Å². The van der Waals surface area contributed by atoms with Crippen LogP contribution in [0.2, 0.25) is 0 Å². The molecule has 3 nitrogen and oxygen atoms in total. The first-order chi connectivity index (χ1) is 7.06. The molecule has 1 amide bonds. The van der Waals surface area contributed by atoms with Crippen LogP contribution in [0.15, 0.2) is 0 Å². The normalized spacial score (nSPS) is 21.3. The third-order valence-electron chi connectivity index (χ3n) is 3.38. The van der Waals surface area contributed by atoms with Crippen molar-refractivity contribution in [3.8, 4) is 0 Å². The Morgan fingerprint density at radius 2 is 2.00 bits per heavy atom. The van der Waals surface area contributed by atoms with Gasteiger partial charge in [-0.2, -0.15) is 0 Å². The van der Waals surface area contributed by atoms with E-state index in [1.807, 2.05) is 6.92 Å². The Bertz CT molecular complexity index is 208. The van der Waals surface area contributed by atoms with Gasteiger partial charge in [0.15, 0.2) is 0 Å². The largest absolute Gasteiger partial charge is 0.356 e. The molecule has 1 aliphatic rings. The number of nitrogens with one attached hydrogen (secondary N) is 1. The van der Waals surface area contributed by atoms with Crippen molar-refractivity contribution in [2.24, 2.45) is 5.41 Å². The van der Waals surface area contributed by atoms with E-state index in [0.717, 1.165) is 26.1 Å². The first kappa shape index (κ1) is 12.5. The predicted molar refractivity (Wildman–Crippen MR) is 62.8 cm³/mol. The maximum atomic E-state index is 11.4. The number of nitrogens with zero attached hydrogens (tertiary/aromatic N) is 1. The van der Waals surface area contributed by atoms with E-state index in [-0.39, 0.29) is 5.91 Å². The number of amides is 1. The minimum absolute atomic E-state index is 0.206. The van der Waals surface area contributed by atoms with E-state index in [9.17, 15) is 4.79 Å². The topological polar surface area (TPSA) is 32.3 Å². The summed E-state index contributed by atoms with van der Waals surface area (Å²) in [6.45, 7) is 7.48. The number of carbonyl (C=O) groups is 1. The number of likely N-dealkylation sites (tertiary alicyclic amines) is 1. The van der Waals surface area contributed by atoms with Crippen LogP contribution in [0.4, 0.5) is 0 Å². The first-order valence-corrected chi connectivity index (χ1v) is 6.01. The van der Waals surface area contributed by atoms with Crippen LogP contribution >= 0.6 is 0 Å². The molecule has 0 saturated carbocycles. The van der Waals surface area contributed by atoms with Crippen molar-refractivity contribution in [1.82, 2.24) is 10.2 Å². The lowest BCUT2D eigenvalue weighted by Gasteiger charge is -2.37. The summed E-state index contributed by atoms with van der Waals surface area (Å²) in [6, 6.07) is 0. The molecule has 1 rings (SSSR count). The molecule has 1 saturated heterocycles. The summed E-state index contributed by atoms with van der Waals surface area (Å²) in [5, 5.41) is 3.05. The van der Waals surface area contributed by atoms with Crippen molar-refractivity contribution in [1.29, 1.82) is 0 Å². The molecular formula is C12H24N2O. The van der Waals surface area contributed by atoms with Gasteiger partial charge in [0.05, 0.1) is 0 Å². The molecule has 0 aromatic carbocycles. The van der Waals surface area contributed by atoms with Crippen LogP contribution in [0.3, 0.4) is 0 Å². The molecule has 0 unspecified atom stereocenters. The van der Waals surface area contributed by atoms with Crippen LogP contribution in [0.1, 0.15) is 39.5 Å². The van der Waals surface area contributed by atoms with Crippen molar-refractivity contribution >= 4 is 5.91 Å². The van der Waals surface area contributed by atoms with Crippen molar-refractivity contribution in [3.63, 3.8) is 0 Å². The van der Waals surface area contributed by atoms with E-state index in [0.29, 0.717) is 11.8 Å². The second-order valence-electron chi connectivity index (χ2n) is 5.14. The number of hydrogen-bond donors (Lipinski definition) is 1. The highest BCUT2D eigenvalue weighted by Gasteiger charge is 2.28. The van der Waals surface area contributed by atoms with Gasteiger partial charge in [-0.1, -0.05) is 13.8 Å². The number of hydrogen-bond acceptors (Lipinski definition) is 2. The third kappa shape index (κ3) is 4.20. The summed E-state index contributed by atoms with van der Waals surface area (Å²) < 4.78 is 0. The first-order valence-electron chi connectivity index (χ1n) is 6.01. The van der Waals surface area contributed by atoms with Gasteiger partial charge in [-0.15, -0.1) is 0 Å². The molecule has 3 heteroatoms. The SMILES string of the molecule is CCCC(=O)NCC1(C)CCN(C)CC1. The average Bonchev–Trinajstić information content (AvgIpc) is 2.21. The Morgan fingerprint density at radius 1 is 1.40 bits per heavy atom. The summed E-state index contributed by atoms with van der Waals surface area (Å²) in [4.78, 5) is 13.7. The quantitative estimate of drug-likeness (QED) is 0.768. The zero-order valence-electron chi connectivity index (χ0n) is 10.3. The van der Waals surface area contributed by atoms with Crippen molar-refractivity contribution in [3.05, 3.63) is 0 Å². The molecule has 0 atom stereocenters. The summed E-state index contributed by atoms with van der Waals surface area (Å²) in [7, 11) is 2.16. The lowest BCUT2D eigenvalue weighted by molar-refractivity contribution is -0.121. The highest BCUT2D eigenvalue weighted by atomic mass is 16.1. The fourth-order valence-electron chi connectivity index (χ4n) is 1.96. The zero-order chi connectivity index (χ0) is 11.3. The van der Waals surface area contributed by atoms with E-state index < -0.39 is 0 Å². The molecule has 1 N–H and O–H groups in total. The van der Waals surface area contributed by atoms with Gasteiger partial charge in [-0.3, -0.25) is 4.79 Å². The Kier molecular flexibility index (Phi) is 4.58. The molecule has 88 valence electrons. The molecule has 0 bridgehead atoms. The fourth-order valence-corrected chi connectivity index (χ4v) is 1.96. The van der Waals surface area contributed by atoms with Gasteiger partial charge in [0, 0.05) is 13.0 Å². The van der Waals surface area contributed by atoms with E-state index in [1.165, 1.54) is 12.8 Å².